The van der Waals surface area contributed by atoms with Crippen molar-refractivity contribution in [2.45, 2.75) is 13.8 Å². The molecule has 0 heterocycles. The van der Waals surface area contributed by atoms with Crippen molar-refractivity contribution in [1.29, 1.82) is 0 Å². The van der Waals surface area contributed by atoms with Gasteiger partial charge in [-0.25, -0.2) is 0 Å². The van der Waals surface area contributed by atoms with E-state index in [4.69, 9.17) is 0 Å². The lowest BCUT2D eigenvalue weighted by molar-refractivity contribution is 0.0987. The second kappa shape index (κ2) is 6.26. The third-order valence-corrected chi connectivity index (χ3v) is 4.07. The molecule has 4 heteroatoms. The Hall–Kier alpha value is -1.56. The number of nitrogens with zero attached hydrogens (tertiary/aromatic N) is 1. The molecule has 20 heavy (non-hydrogen) atoms. The SMILES string of the molecule is CCN(C(=O)c1ccc(I)c(O)c1)c1ccccc1C. The summed E-state index contributed by atoms with van der Waals surface area (Å²) in [6.07, 6.45) is 0. The topological polar surface area (TPSA) is 40.5 Å². The smallest absolute Gasteiger partial charge is 0.258 e. The van der Waals surface area contributed by atoms with E-state index in [0.29, 0.717) is 12.1 Å². The van der Waals surface area contributed by atoms with Crippen LogP contribution in [0.25, 0.3) is 0 Å². The number of phenolic OH excluding ortho intramolecular Hbond substituents is 1. The zero-order chi connectivity index (χ0) is 14.7. The first kappa shape index (κ1) is 14.8. The van der Waals surface area contributed by atoms with Crippen LogP contribution >= 0.6 is 22.6 Å². The first-order valence-corrected chi connectivity index (χ1v) is 7.48. The fourth-order valence-electron chi connectivity index (χ4n) is 2.09. The standard InChI is InChI=1S/C16H16INO2/c1-3-18(14-7-5-4-6-11(14)2)16(20)12-8-9-13(17)15(19)10-12/h4-10,19H,3H2,1-2H3. The van der Waals surface area contributed by atoms with Gasteiger partial charge in [0.25, 0.3) is 5.91 Å². The van der Waals surface area contributed by atoms with Crippen LogP contribution in [0.15, 0.2) is 42.5 Å². The highest BCUT2D eigenvalue weighted by Gasteiger charge is 2.18. The maximum absolute atomic E-state index is 12.6. The predicted molar refractivity (Wildman–Crippen MR) is 89.4 cm³/mol. The number of benzene rings is 2. The molecule has 0 aliphatic rings. The number of aromatic hydroxyl groups is 1. The molecule has 0 atom stereocenters. The summed E-state index contributed by atoms with van der Waals surface area (Å²) < 4.78 is 0.734. The molecule has 0 aliphatic carbocycles. The van der Waals surface area contributed by atoms with Crippen molar-refractivity contribution >= 4 is 34.2 Å². The molecule has 0 spiro atoms. The summed E-state index contributed by atoms with van der Waals surface area (Å²) in [5.41, 5.74) is 2.45. The number of para-hydroxylation sites is 1. The number of halogens is 1. The van der Waals surface area contributed by atoms with Gasteiger partial charge in [0.2, 0.25) is 0 Å². The molecule has 1 N–H and O–H groups in total. The molecule has 0 fully saturated rings. The summed E-state index contributed by atoms with van der Waals surface area (Å²) in [7, 11) is 0. The van der Waals surface area contributed by atoms with Gasteiger partial charge in [0.1, 0.15) is 5.75 Å². The molecule has 0 unspecified atom stereocenters. The van der Waals surface area contributed by atoms with Crippen molar-refractivity contribution < 1.29 is 9.90 Å². The number of carbonyl (C=O) groups is 1. The Morgan fingerprint density at radius 3 is 2.55 bits per heavy atom. The minimum absolute atomic E-state index is 0.103. The van der Waals surface area contributed by atoms with Crippen LogP contribution in [0.2, 0.25) is 0 Å². The van der Waals surface area contributed by atoms with Crippen molar-refractivity contribution in [2.24, 2.45) is 0 Å². The van der Waals surface area contributed by atoms with E-state index in [0.717, 1.165) is 14.8 Å². The second-order valence-electron chi connectivity index (χ2n) is 4.50. The monoisotopic (exact) mass is 381 g/mol. The molecule has 2 rings (SSSR count). The predicted octanol–water partition coefficient (Wildman–Crippen LogP) is 3.97. The van der Waals surface area contributed by atoms with E-state index in [-0.39, 0.29) is 11.7 Å². The van der Waals surface area contributed by atoms with Crippen LogP contribution in [0, 0.1) is 10.5 Å². The maximum atomic E-state index is 12.6. The van der Waals surface area contributed by atoms with Crippen molar-refractivity contribution in [3.63, 3.8) is 0 Å². The highest BCUT2D eigenvalue weighted by molar-refractivity contribution is 14.1. The molecule has 2 aromatic rings. The molecule has 3 nitrogen and oxygen atoms in total. The van der Waals surface area contributed by atoms with Crippen molar-refractivity contribution in [1.82, 2.24) is 0 Å². The Morgan fingerprint density at radius 2 is 1.95 bits per heavy atom. The number of hydrogen-bond acceptors (Lipinski definition) is 2. The lowest BCUT2D eigenvalue weighted by Gasteiger charge is -2.23. The van der Waals surface area contributed by atoms with E-state index in [1.54, 1.807) is 17.0 Å². The van der Waals surface area contributed by atoms with Gasteiger partial charge in [-0.3, -0.25) is 4.79 Å². The maximum Gasteiger partial charge on any atom is 0.258 e. The molecule has 0 aromatic heterocycles. The summed E-state index contributed by atoms with van der Waals surface area (Å²) in [6, 6.07) is 12.8. The van der Waals surface area contributed by atoms with Crippen LogP contribution < -0.4 is 4.90 Å². The quantitative estimate of drug-likeness (QED) is 0.818. The zero-order valence-electron chi connectivity index (χ0n) is 11.4. The molecule has 2 aromatic carbocycles. The fraction of sp³-hybridized carbons (Fsp3) is 0.188. The summed E-state index contributed by atoms with van der Waals surface area (Å²) in [5.74, 6) is 0.0331. The Morgan fingerprint density at radius 1 is 1.25 bits per heavy atom. The Kier molecular flexibility index (Phi) is 4.65. The number of amides is 1. The minimum Gasteiger partial charge on any atom is -0.507 e. The molecule has 1 amide bonds. The van der Waals surface area contributed by atoms with Crippen LogP contribution in [-0.4, -0.2) is 17.6 Å². The Labute approximate surface area is 132 Å². The van der Waals surface area contributed by atoms with Crippen LogP contribution in [0.4, 0.5) is 5.69 Å². The molecule has 0 bridgehead atoms. The van der Waals surface area contributed by atoms with Gasteiger partial charge in [0.15, 0.2) is 0 Å². The third kappa shape index (κ3) is 2.95. The number of aryl methyl sites for hydroxylation is 1. The van der Waals surface area contributed by atoms with Gasteiger partial charge < -0.3 is 10.0 Å². The van der Waals surface area contributed by atoms with Gasteiger partial charge in [0, 0.05) is 17.8 Å². The van der Waals surface area contributed by atoms with Crippen LogP contribution in [0.5, 0.6) is 5.75 Å². The first-order valence-electron chi connectivity index (χ1n) is 6.40. The largest absolute Gasteiger partial charge is 0.507 e. The van der Waals surface area contributed by atoms with E-state index in [2.05, 4.69) is 0 Å². The summed E-state index contributed by atoms with van der Waals surface area (Å²) in [4.78, 5) is 14.3. The van der Waals surface area contributed by atoms with Gasteiger partial charge in [-0.1, -0.05) is 18.2 Å². The molecule has 0 aliphatic heterocycles. The minimum atomic E-state index is -0.103. The van der Waals surface area contributed by atoms with Crippen molar-refractivity contribution in [2.75, 3.05) is 11.4 Å². The van der Waals surface area contributed by atoms with E-state index in [1.807, 2.05) is 60.7 Å². The van der Waals surface area contributed by atoms with Crippen LogP contribution in [0.3, 0.4) is 0 Å². The normalized spacial score (nSPS) is 10.3. The average molecular weight is 381 g/mol. The second-order valence-corrected chi connectivity index (χ2v) is 5.66. The molecular weight excluding hydrogens is 365 g/mol. The molecule has 0 saturated heterocycles. The number of anilines is 1. The van der Waals surface area contributed by atoms with Gasteiger partial charge in [-0.15, -0.1) is 0 Å². The van der Waals surface area contributed by atoms with Crippen LogP contribution in [0.1, 0.15) is 22.8 Å². The Balaban J connectivity index is 2.39. The van der Waals surface area contributed by atoms with E-state index >= 15 is 0 Å². The van der Waals surface area contributed by atoms with E-state index in [1.165, 1.54) is 6.07 Å². The van der Waals surface area contributed by atoms with Gasteiger partial charge in [-0.2, -0.15) is 0 Å². The lowest BCUT2D eigenvalue weighted by atomic mass is 10.1. The number of carbonyl (C=O) groups excluding carboxylic acids is 1. The summed E-state index contributed by atoms with van der Waals surface area (Å²) in [6.45, 7) is 4.50. The fourth-order valence-corrected chi connectivity index (χ4v) is 2.43. The average Bonchev–Trinajstić information content (AvgIpc) is 2.44. The lowest BCUT2D eigenvalue weighted by Crippen LogP contribution is -2.31. The number of rotatable bonds is 3. The van der Waals surface area contributed by atoms with Crippen molar-refractivity contribution in [3.05, 3.63) is 57.2 Å². The van der Waals surface area contributed by atoms with E-state index in [9.17, 15) is 9.90 Å². The van der Waals surface area contributed by atoms with Gasteiger partial charge >= 0.3 is 0 Å². The highest BCUT2D eigenvalue weighted by atomic mass is 127. The molecular formula is C16H16INO2. The van der Waals surface area contributed by atoms with Crippen LogP contribution in [-0.2, 0) is 0 Å². The van der Waals surface area contributed by atoms with Gasteiger partial charge in [-0.05, 0) is 66.3 Å². The van der Waals surface area contributed by atoms with Crippen molar-refractivity contribution in [3.8, 4) is 5.75 Å². The summed E-state index contributed by atoms with van der Waals surface area (Å²) in [5, 5.41) is 9.75. The molecule has 104 valence electrons. The third-order valence-electron chi connectivity index (χ3n) is 3.16. The van der Waals surface area contributed by atoms with Gasteiger partial charge in [0.05, 0.1) is 3.57 Å². The summed E-state index contributed by atoms with van der Waals surface area (Å²) >= 11 is 2.03. The highest BCUT2D eigenvalue weighted by Crippen LogP contribution is 2.25. The first-order chi connectivity index (χ1) is 9.54. The van der Waals surface area contributed by atoms with E-state index < -0.39 is 0 Å². The number of phenols is 1. The zero-order valence-corrected chi connectivity index (χ0v) is 13.6. The number of hydrogen-bond donors (Lipinski definition) is 1. The Bertz CT molecular complexity index is 640. The molecule has 0 radical (unpaired) electrons. The molecule has 0 saturated carbocycles.